The number of nitrogens with zero attached hydrogens (tertiary/aromatic N) is 3. The van der Waals surface area contributed by atoms with Crippen LogP contribution in [0.3, 0.4) is 0 Å². The molecule has 0 saturated carbocycles. The Labute approximate surface area is 262 Å². The molecule has 0 unspecified atom stereocenters. The highest BCUT2D eigenvalue weighted by Gasteiger charge is 2.20. The molecule has 2 heterocycles. The predicted octanol–water partition coefficient (Wildman–Crippen LogP) is 7.60. The second kappa shape index (κ2) is 12.7. The third kappa shape index (κ3) is 6.23. The Kier molecular flexibility index (Phi) is 9.00. The first-order valence-electron chi connectivity index (χ1n) is 12.9. The van der Waals surface area contributed by atoms with Crippen molar-refractivity contribution < 1.29 is 23.4 Å². The molecule has 2 aromatic heterocycles. The molecule has 5 rings (SSSR count). The number of carbonyl (C=O) groups excluding carboxylic acids is 1. The van der Waals surface area contributed by atoms with Gasteiger partial charge in [-0.15, -0.1) is 0 Å². The summed E-state index contributed by atoms with van der Waals surface area (Å²) in [7, 11) is 0. The molecule has 0 aliphatic heterocycles. The SMILES string of the molecule is CCOc1cc(C=Nn2c(-c3cc4cc(Cl)ccc4o3)nc3ccccc3c2=O)c(Br)c(Br)c1OCC(=O)OC(C)C. The van der Waals surface area contributed by atoms with Crippen LogP contribution >= 0.6 is 43.5 Å². The van der Waals surface area contributed by atoms with Gasteiger partial charge in [-0.05, 0) is 95.1 Å². The van der Waals surface area contributed by atoms with E-state index in [4.69, 9.17) is 35.2 Å². The van der Waals surface area contributed by atoms with Crippen molar-refractivity contribution in [2.45, 2.75) is 26.9 Å². The van der Waals surface area contributed by atoms with Gasteiger partial charge in [0.25, 0.3) is 5.56 Å². The maximum Gasteiger partial charge on any atom is 0.344 e. The molecule has 216 valence electrons. The van der Waals surface area contributed by atoms with Gasteiger partial charge in [-0.3, -0.25) is 4.79 Å². The third-order valence-corrected chi connectivity index (χ3v) is 8.30. The van der Waals surface area contributed by atoms with E-state index in [0.29, 0.717) is 59.9 Å². The smallest absolute Gasteiger partial charge is 0.344 e. The van der Waals surface area contributed by atoms with E-state index < -0.39 is 5.97 Å². The fourth-order valence-electron chi connectivity index (χ4n) is 4.16. The molecule has 3 aromatic carbocycles. The summed E-state index contributed by atoms with van der Waals surface area (Å²) in [5.41, 5.74) is 1.27. The highest BCUT2D eigenvalue weighted by atomic mass is 79.9. The maximum absolute atomic E-state index is 13.7. The normalized spacial score (nSPS) is 11.6. The van der Waals surface area contributed by atoms with Gasteiger partial charge in [0.15, 0.2) is 23.9 Å². The second-order valence-corrected chi connectivity index (χ2v) is 11.3. The van der Waals surface area contributed by atoms with Gasteiger partial charge in [0.2, 0.25) is 5.82 Å². The Hall–Kier alpha value is -3.67. The van der Waals surface area contributed by atoms with Crippen molar-refractivity contribution in [1.82, 2.24) is 9.66 Å². The largest absolute Gasteiger partial charge is 0.490 e. The van der Waals surface area contributed by atoms with Crippen molar-refractivity contribution in [2.75, 3.05) is 13.2 Å². The molecular weight excluding hydrogens is 694 g/mol. The van der Waals surface area contributed by atoms with Crippen LogP contribution in [0.1, 0.15) is 26.3 Å². The van der Waals surface area contributed by atoms with E-state index >= 15 is 0 Å². The number of carbonyl (C=O) groups is 1. The lowest BCUT2D eigenvalue weighted by Crippen LogP contribution is -2.20. The molecule has 0 amide bonds. The minimum atomic E-state index is -0.510. The first-order valence-corrected chi connectivity index (χ1v) is 14.8. The zero-order valence-electron chi connectivity index (χ0n) is 22.7. The fourth-order valence-corrected chi connectivity index (χ4v) is 5.27. The van der Waals surface area contributed by atoms with Gasteiger partial charge in [0, 0.05) is 20.4 Å². The van der Waals surface area contributed by atoms with Gasteiger partial charge in [0.1, 0.15) is 5.58 Å². The van der Waals surface area contributed by atoms with Crippen LogP contribution in [0.2, 0.25) is 5.02 Å². The van der Waals surface area contributed by atoms with Crippen LogP contribution in [0.5, 0.6) is 11.5 Å². The lowest BCUT2D eigenvalue weighted by atomic mass is 10.2. The van der Waals surface area contributed by atoms with Crippen LogP contribution in [-0.4, -0.2) is 41.2 Å². The van der Waals surface area contributed by atoms with E-state index in [-0.39, 0.29) is 24.1 Å². The molecule has 0 bridgehead atoms. The minimum absolute atomic E-state index is 0.214. The summed E-state index contributed by atoms with van der Waals surface area (Å²) in [6, 6.07) is 15.7. The van der Waals surface area contributed by atoms with Crippen LogP contribution < -0.4 is 15.0 Å². The van der Waals surface area contributed by atoms with Crippen LogP contribution in [0.15, 0.2) is 77.9 Å². The Morgan fingerprint density at radius 3 is 2.67 bits per heavy atom. The summed E-state index contributed by atoms with van der Waals surface area (Å²) >= 11 is 13.3. The number of esters is 1. The van der Waals surface area contributed by atoms with Gasteiger partial charge in [-0.2, -0.15) is 9.78 Å². The zero-order chi connectivity index (χ0) is 30.0. The van der Waals surface area contributed by atoms with E-state index in [1.807, 2.05) is 6.92 Å². The number of hydrogen-bond acceptors (Lipinski definition) is 8. The Morgan fingerprint density at radius 2 is 1.90 bits per heavy atom. The average molecular weight is 718 g/mol. The molecule has 0 aliphatic rings. The number of para-hydroxylation sites is 1. The average Bonchev–Trinajstić information content (AvgIpc) is 3.37. The zero-order valence-corrected chi connectivity index (χ0v) is 26.6. The first-order chi connectivity index (χ1) is 20.2. The summed E-state index contributed by atoms with van der Waals surface area (Å²) in [5.74, 6) is 0.729. The van der Waals surface area contributed by atoms with E-state index in [0.717, 1.165) is 5.39 Å². The Morgan fingerprint density at radius 1 is 1.12 bits per heavy atom. The van der Waals surface area contributed by atoms with E-state index in [1.54, 1.807) is 68.4 Å². The number of fused-ring (bicyclic) bond motifs is 2. The third-order valence-electron chi connectivity index (χ3n) is 5.92. The van der Waals surface area contributed by atoms with Crippen LogP contribution in [0.25, 0.3) is 33.5 Å². The first kappa shape index (κ1) is 29.8. The summed E-state index contributed by atoms with van der Waals surface area (Å²) < 4.78 is 25.0. The number of ether oxygens (including phenoxy) is 3. The lowest BCUT2D eigenvalue weighted by molar-refractivity contribution is -0.149. The number of benzene rings is 3. The predicted molar refractivity (Wildman–Crippen MR) is 169 cm³/mol. The minimum Gasteiger partial charge on any atom is -0.490 e. The topological polar surface area (TPSA) is 105 Å². The fraction of sp³-hybridized carbons (Fsp3) is 0.200. The Balaban J connectivity index is 1.60. The standard InChI is InChI=1S/C30H24Br2ClN3O6/c1-4-39-23-13-18(26(31)27(32)28(23)40-15-25(37)41-16(2)3)14-34-36-29(35-21-8-6-5-7-20(21)30(36)38)24-12-17-11-19(33)9-10-22(17)42-24/h5-14,16H,4,15H2,1-3H3. The van der Waals surface area contributed by atoms with Crippen LogP contribution in [-0.2, 0) is 9.53 Å². The number of rotatable bonds is 9. The van der Waals surface area contributed by atoms with Crippen molar-refractivity contribution >= 4 is 77.5 Å². The number of hydrogen-bond donors (Lipinski definition) is 0. The lowest BCUT2D eigenvalue weighted by Gasteiger charge is -2.16. The number of aromatic nitrogens is 2. The maximum atomic E-state index is 13.7. The van der Waals surface area contributed by atoms with E-state index in [1.165, 1.54) is 10.9 Å². The monoisotopic (exact) mass is 715 g/mol. The molecule has 9 nitrogen and oxygen atoms in total. The molecule has 5 aromatic rings. The molecule has 42 heavy (non-hydrogen) atoms. The Bertz CT molecular complexity index is 1900. The molecule has 0 atom stereocenters. The molecule has 0 saturated heterocycles. The van der Waals surface area contributed by atoms with Gasteiger partial charge in [-0.25, -0.2) is 9.78 Å². The number of furan rings is 1. The van der Waals surface area contributed by atoms with E-state index in [9.17, 15) is 9.59 Å². The highest BCUT2D eigenvalue weighted by molar-refractivity contribution is 9.13. The van der Waals surface area contributed by atoms with Crippen molar-refractivity contribution in [3.05, 3.63) is 84.5 Å². The molecule has 0 fully saturated rings. The van der Waals surface area contributed by atoms with E-state index in [2.05, 4.69) is 37.0 Å². The van der Waals surface area contributed by atoms with Gasteiger partial charge in [-0.1, -0.05) is 23.7 Å². The van der Waals surface area contributed by atoms with Crippen LogP contribution in [0.4, 0.5) is 0 Å². The molecule has 0 N–H and O–H groups in total. The molecule has 12 heteroatoms. The quantitative estimate of drug-likeness (QED) is 0.114. The van der Waals surface area contributed by atoms with Crippen molar-refractivity contribution in [3.8, 4) is 23.1 Å². The summed E-state index contributed by atoms with van der Waals surface area (Å²) in [4.78, 5) is 30.4. The van der Waals surface area contributed by atoms with Gasteiger partial charge in [0.05, 0.1) is 34.3 Å². The molecule has 0 spiro atoms. The van der Waals surface area contributed by atoms with Gasteiger partial charge >= 0.3 is 5.97 Å². The van der Waals surface area contributed by atoms with Crippen LogP contribution in [0, 0.1) is 0 Å². The molecular formula is C30H24Br2ClN3O6. The summed E-state index contributed by atoms with van der Waals surface area (Å²) in [6.45, 7) is 5.38. The summed E-state index contributed by atoms with van der Waals surface area (Å²) in [5, 5.41) is 6.25. The van der Waals surface area contributed by atoms with Crippen molar-refractivity contribution in [1.29, 1.82) is 0 Å². The number of halogens is 3. The summed E-state index contributed by atoms with van der Waals surface area (Å²) in [6.07, 6.45) is 1.23. The highest BCUT2D eigenvalue weighted by Crippen LogP contribution is 2.42. The molecule has 0 radical (unpaired) electrons. The van der Waals surface area contributed by atoms with Crippen molar-refractivity contribution in [3.63, 3.8) is 0 Å². The molecule has 0 aliphatic carbocycles. The van der Waals surface area contributed by atoms with Crippen molar-refractivity contribution in [2.24, 2.45) is 5.10 Å². The van der Waals surface area contributed by atoms with Gasteiger partial charge < -0.3 is 18.6 Å². The second-order valence-electron chi connectivity index (χ2n) is 9.29.